The first-order valence-electron chi connectivity index (χ1n) is 6.47. The second-order valence-corrected chi connectivity index (χ2v) is 5.99. The number of amides is 1. The van der Waals surface area contributed by atoms with Gasteiger partial charge in [0.15, 0.2) is 5.78 Å². The number of fused-ring (bicyclic) bond motifs is 1. The standard InChI is InChI=1S/C16H11FINO2/c17-11-3-4-12(14(18)8-11)15(20)10-2-1-9-5-6-19-16(21)13(9)7-10/h1-4,7-8H,5-6H2,(H,19,21). The Labute approximate surface area is 134 Å². The Kier molecular flexibility index (Phi) is 3.75. The van der Waals surface area contributed by atoms with Crippen molar-refractivity contribution in [2.45, 2.75) is 6.42 Å². The summed E-state index contributed by atoms with van der Waals surface area (Å²) in [7, 11) is 0. The van der Waals surface area contributed by atoms with Crippen molar-refractivity contribution in [3.8, 4) is 0 Å². The van der Waals surface area contributed by atoms with Gasteiger partial charge < -0.3 is 5.32 Å². The summed E-state index contributed by atoms with van der Waals surface area (Å²) < 4.78 is 13.7. The highest BCUT2D eigenvalue weighted by Gasteiger charge is 2.20. The van der Waals surface area contributed by atoms with Gasteiger partial charge in [0, 0.05) is 26.8 Å². The van der Waals surface area contributed by atoms with Gasteiger partial charge in [-0.25, -0.2) is 4.39 Å². The Balaban J connectivity index is 2.02. The number of hydrogen-bond donors (Lipinski definition) is 1. The molecule has 1 amide bonds. The van der Waals surface area contributed by atoms with Gasteiger partial charge >= 0.3 is 0 Å². The van der Waals surface area contributed by atoms with E-state index in [2.05, 4.69) is 5.32 Å². The van der Waals surface area contributed by atoms with Crippen LogP contribution in [0.25, 0.3) is 0 Å². The van der Waals surface area contributed by atoms with E-state index in [1.807, 2.05) is 28.7 Å². The molecule has 0 aromatic heterocycles. The lowest BCUT2D eigenvalue weighted by molar-refractivity contribution is 0.0946. The number of rotatable bonds is 2. The molecule has 1 aliphatic rings. The average Bonchev–Trinajstić information content (AvgIpc) is 2.47. The summed E-state index contributed by atoms with van der Waals surface area (Å²) in [6, 6.07) is 9.21. The van der Waals surface area contributed by atoms with E-state index in [0.717, 1.165) is 12.0 Å². The van der Waals surface area contributed by atoms with Crippen LogP contribution in [-0.4, -0.2) is 18.2 Å². The molecule has 1 N–H and O–H groups in total. The molecular weight excluding hydrogens is 384 g/mol. The average molecular weight is 395 g/mol. The zero-order valence-corrected chi connectivity index (χ0v) is 13.1. The molecule has 3 rings (SSSR count). The van der Waals surface area contributed by atoms with Crippen LogP contribution in [0.4, 0.5) is 4.39 Å². The molecule has 1 aliphatic heterocycles. The molecule has 1 heterocycles. The van der Waals surface area contributed by atoms with Crippen LogP contribution in [0.15, 0.2) is 36.4 Å². The lowest BCUT2D eigenvalue weighted by atomic mass is 9.94. The van der Waals surface area contributed by atoms with Crippen LogP contribution in [0.2, 0.25) is 0 Å². The fourth-order valence-electron chi connectivity index (χ4n) is 2.38. The van der Waals surface area contributed by atoms with Crippen LogP contribution in [0.3, 0.4) is 0 Å². The fourth-order valence-corrected chi connectivity index (χ4v) is 3.10. The van der Waals surface area contributed by atoms with Gasteiger partial charge in [-0.1, -0.05) is 12.1 Å². The van der Waals surface area contributed by atoms with E-state index in [4.69, 9.17) is 0 Å². The summed E-state index contributed by atoms with van der Waals surface area (Å²) in [4.78, 5) is 24.3. The van der Waals surface area contributed by atoms with E-state index < -0.39 is 0 Å². The van der Waals surface area contributed by atoms with Crippen LogP contribution in [0.5, 0.6) is 0 Å². The molecule has 5 heteroatoms. The first kappa shape index (κ1) is 14.2. The Bertz CT molecular complexity index is 758. The third kappa shape index (κ3) is 2.70. The molecule has 106 valence electrons. The zero-order chi connectivity index (χ0) is 15.0. The minimum absolute atomic E-state index is 0.153. The molecule has 21 heavy (non-hydrogen) atoms. The molecule has 0 unspecified atom stereocenters. The third-order valence-corrected chi connectivity index (χ3v) is 4.36. The number of halogens is 2. The smallest absolute Gasteiger partial charge is 0.251 e. The molecule has 3 nitrogen and oxygen atoms in total. The molecule has 0 saturated carbocycles. The maximum absolute atomic E-state index is 13.1. The van der Waals surface area contributed by atoms with Gasteiger partial charge in [-0.05, 0) is 58.8 Å². The van der Waals surface area contributed by atoms with Gasteiger partial charge in [-0.15, -0.1) is 0 Å². The van der Waals surface area contributed by atoms with Gasteiger partial charge in [-0.3, -0.25) is 9.59 Å². The molecule has 0 aliphatic carbocycles. The van der Waals surface area contributed by atoms with Crippen molar-refractivity contribution in [1.29, 1.82) is 0 Å². The summed E-state index contributed by atoms with van der Waals surface area (Å²) >= 11 is 1.94. The highest BCUT2D eigenvalue weighted by molar-refractivity contribution is 14.1. The van der Waals surface area contributed by atoms with Crippen molar-refractivity contribution >= 4 is 34.3 Å². The van der Waals surface area contributed by atoms with E-state index in [0.29, 0.717) is 26.8 Å². The number of hydrogen-bond acceptors (Lipinski definition) is 2. The minimum Gasteiger partial charge on any atom is -0.352 e. The minimum atomic E-state index is -0.374. The number of nitrogens with one attached hydrogen (secondary N) is 1. The second-order valence-electron chi connectivity index (χ2n) is 4.83. The van der Waals surface area contributed by atoms with Gasteiger partial charge in [0.05, 0.1) is 0 Å². The van der Waals surface area contributed by atoms with Crippen molar-refractivity contribution in [3.63, 3.8) is 0 Å². The Morgan fingerprint density at radius 3 is 2.76 bits per heavy atom. The van der Waals surface area contributed by atoms with Gasteiger partial charge in [0.2, 0.25) is 0 Å². The van der Waals surface area contributed by atoms with Gasteiger partial charge in [0.1, 0.15) is 5.82 Å². The molecule has 2 aromatic carbocycles. The Morgan fingerprint density at radius 2 is 2.00 bits per heavy atom. The SMILES string of the molecule is O=C(c1ccc2c(c1)C(=O)NCC2)c1ccc(F)cc1I. The van der Waals surface area contributed by atoms with E-state index in [1.54, 1.807) is 12.1 Å². The summed E-state index contributed by atoms with van der Waals surface area (Å²) in [6.07, 6.45) is 0.767. The maximum Gasteiger partial charge on any atom is 0.251 e. The van der Waals surface area contributed by atoms with Crippen molar-refractivity contribution in [3.05, 3.63) is 68.0 Å². The van der Waals surface area contributed by atoms with Crippen LogP contribution in [0, 0.1) is 9.39 Å². The number of benzene rings is 2. The van der Waals surface area contributed by atoms with E-state index in [-0.39, 0.29) is 17.5 Å². The first-order chi connectivity index (χ1) is 10.1. The topological polar surface area (TPSA) is 46.2 Å². The lowest BCUT2D eigenvalue weighted by Crippen LogP contribution is -2.32. The Morgan fingerprint density at radius 1 is 1.19 bits per heavy atom. The number of carbonyl (C=O) groups is 2. The van der Waals surface area contributed by atoms with Crippen LogP contribution in [-0.2, 0) is 6.42 Å². The van der Waals surface area contributed by atoms with Crippen LogP contribution < -0.4 is 5.32 Å². The molecule has 0 fully saturated rings. The summed E-state index contributed by atoms with van der Waals surface area (Å²) in [5, 5.41) is 2.76. The largest absolute Gasteiger partial charge is 0.352 e. The number of ketones is 1. The third-order valence-electron chi connectivity index (χ3n) is 3.47. The van der Waals surface area contributed by atoms with Gasteiger partial charge in [-0.2, -0.15) is 0 Å². The zero-order valence-electron chi connectivity index (χ0n) is 11.0. The highest BCUT2D eigenvalue weighted by Crippen LogP contribution is 2.21. The quantitative estimate of drug-likeness (QED) is 0.628. The Hall–Kier alpha value is -1.76. The summed E-state index contributed by atoms with van der Waals surface area (Å²) in [5.41, 5.74) is 2.37. The van der Waals surface area contributed by atoms with Crippen molar-refractivity contribution in [2.75, 3.05) is 6.54 Å². The molecule has 0 radical (unpaired) electrons. The van der Waals surface area contributed by atoms with Crippen molar-refractivity contribution in [1.82, 2.24) is 5.32 Å². The molecule has 0 atom stereocenters. The van der Waals surface area contributed by atoms with Crippen LogP contribution in [0.1, 0.15) is 31.8 Å². The summed E-state index contributed by atoms with van der Waals surface area (Å²) in [5.74, 6) is -0.735. The van der Waals surface area contributed by atoms with Crippen molar-refractivity contribution < 1.29 is 14.0 Å². The molecule has 0 saturated heterocycles. The predicted octanol–water partition coefficient (Wildman–Crippen LogP) is 2.95. The molecular formula is C16H11FINO2. The van der Waals surface area contributed by atoms with Crippen LogP contribution >= 0.6 is 22.6 Å². The molecule has 0 bridgehead atoms. The fraction of sp³-hybridized carbons (Fsp3) is 0.125. The van der Waals surface area contributed by atoms with E-state index >= 15 is 0 Å². The predicted molar refractivity (Wildman–Crippen MR) is 85.0 cm³/mol. The second kappa shape index (κ2) is 5.55. The van der Waals surface area contributed by atoms with E-state index in [1.165, 1.54) is 18.2 Å². The van der Waals surface area contributed by atoms with Crippen molar-refractivity contribution in [2.24, 2.45) is 0 Å². The molecule has 2 aromatic rings. The lowest BCUT2D eigenvalue weighted by Gasteiger charge is -2.17. The maximum atomic E-state index is 13.1. The molecule has 0 spiro atoms. The summed E-state index contributed by atoms with van der Waals surface area (Å²) in [6.45, 7) is 0.620. The monoisotopic (exact) mass is 395 g/mol. The van der Waals surface area contributed by atoms with E-state index in [9.17, 15) is 14.0 Å². The first-order valence-corrected chi connectivity index (χ1v) is 7.55. The number of carbonyl (C=O) groups excluding carboxylic acids is 2. The normalized spacial score (nSPS) is 13.5. The highest BCUT2D eigenvalue weighted by atomic mass is 127. The van der Waals surface area contributed by atoms with Gasteiger partial charge in [0.25, 0.3) is 5.91 Å².